The van der Waals surface area contributed by atoms with E-state index >= 15 is 4.79 Å². The Labute approximate surface area is 333 Å². The summed E-state index contributed by atoms with van der Waals surface area (Å²) in [4.78, 5) is 58.4. The van der Waals surface area contributed by atoms with Crippen molar-refractivity contribution in [2.24, 2.45) is 0 Å². The molecule has 58 heavy (non-hydrogen) atoms. The van der Waals surface area contributed by atoms with Gasteiger partial charge in [0, 0.05) is 21.9 Å². The van der Waals surface area contributed by atoms with E-state index in [1.165, 1.54) is 4.90 Å². The van der Waals surface area contributed by atoms with Crippen molar-refractivity contribution in [3.63, 3.8) is 0 Å². The Bertz CT molecular complexity index is 2950. The van der Waals surface area contributed by atoms with Crippen LogP contribution in [0.3, 0.4) is 0 Å². The molecule has 0 unspecified atom stereocenters. The molecule has 0 atom stereocenters. The minimum absolute atomic E-state index is 0.312. The van der Waals surface area contributed by atoms with Gasteiger partial charge in [-0.1, -0.05) is 91.0 Å². The highest BCUT2D eigenvalue weighted by Crippen LogP contribution is 2.41. The predicted molar refractivity (Wildman–Crippen MR) is 226 cm³/mol. The van der Waals surface area contributed by atoms with Crippen LogP contribution in [0, 0.1) is 27.7 Å². The topological polar surface area (TPSA) is 120 Å². The van der Waals surface area contributed by atoms with Gasteiger partial charge in [-0.25, -0.2) is 34.8 Å². The van der Waals surface area contributed by atoms with E-state index in [1.807, 2.05) is 137 Å². The average Bonchev–Trinajstić information content (AvgIpc) is 3.69. The minimum atomic E-state index is -0.408. The summed E-state index contributed by atoms with van der Waals surface area (Å²) >= 11 is 0. The number of amides is 2. The van der Waals surface area contributed by atoms with Gasteiger partial charge < -0.3 is 4.57 Å². The Balaban J connectivity index is 1.20. The van der Waals surface area contributed by atoms with Crippen molar-refractivity contribution in [3.05, 3.63) is 168 Å². The number of aromatic nitrogens is 7. The van der Waals surface area contributed by atoms with E-state index in [0.29, 0.717) is 57.4 Å². The van der Waals surface area contributed by atoms with Gasteiger partial charge in [0.1, 0.15) is 23.3 Å². The summed E-state index contributed by atoms with van der Waals surface area (Å²) in [6, 6.07) is 43.5. The summed E-state index contributed by atoms with van der Waals surface area (Å²) in [5, 5.41) is 1.90. The van der Waals surface area contributed by atoms with Gasteiger partial charge in [-0.05, 0) is 92.4 Å². The van der Waals surface area contributed by atoms with Gasteiger partial charge in [-0.2, -0.15) is 0 Å². The second kappa shape index (κ2) is 13.5. The third-order valence-corrected chi connectivity index (χ3v) is 10.5. The number of carbonyl (C=O) groups is 2. The Morgan fingerprint density at radius 1 is 0.414 bits per heavy atom. The molecule has 0 radical (unpaired) electrons. The summed E-state index contributed by atoms with van der Waals surface area (Å²) in [6.45, 7) is 7.39. The number of benzene rings is 6. The molecule has 9 aromatic rings. The number of aryl methyl sites for hydroxylation is 4. The maximum atomic E-state index is 15.1. The van der Waals surface area contributed by atoms with E-state index in [9.17, 15) is 4.79 Å². The van der Waals surface area contributed by atoms with E-state index in [-0.39, 0.29) is 5.91 Å². The lowest BCUT2D eigenvalue weighted by Crippen LogP contribution is -2.29. The Morgan fingerprint density at radius 3 is 1.38 bits per heavy atom. The van der Waals surface area contributed by atoms with Gasteiger partial charge in [0.15, 0.2) is 11.6 Å². The zero-order chi connectivity index (χ0) is 39.7. The summed E-state index contributed by atoms with van der Waals surface area (Å²) in [6.07, 6.45) is 0. The molecule has 10 rings (SSSR count). The Hall–Kier alpha value is -7.72. The van der Waals surface area contributed by atoms with Gasteiger partial charge in [0.25, 0.3) is 11.8 Å². The second-order valence-corrected chi connectivity index (χ2v) is 14.5. The highest BCUT2D eigenvalue weighted by atomic mass is 16.2. The zero-order valence-electron chi connectivity index (χ0n) is 32.1. The van der Waals surface area contributed by atoms with Crippen LogP contribution >= 0.6 is 0 Å². The van der Waals surface area contributed by atoms with Gasteiger partial charge >= 0.3 is 0 Å². The van der Waals surface area contributed by atoms with Crippen LogP contribution in [0.5, 0.6) is 0 Å². The maximum absolute atomic E-state index is 15.1. The molecule has 2 amide bonds. The molecule has 0 spiro atoms. The maximum Gasteiger partial charge on any atom is 0.268 e. The second-order valence-electron chi connectivity index (χ2n) is 14.5. The first-order valence-corrected chi connectivity index (χ1v) is 19.0. The van der Waals surface area contributed by atoms with Crippen LogP contribution in [0.1, 0.15) is 44.0 Å². The van der Waals surface area contributed by atoms with Crippen LogP contribution in [0.15, 0.2) is 133 Å². The number of rotatable bonds is 6. The quantitative estimate of drug-likeness (QED) is 0.154. The van der Waals surface area contributed by atoms with Crippen molar-refractivity contribution in [1.82, 2.24) is 34.5 Å². The number of hydrogen-bond donors (Lipinski definition) is 0. The summed E-state index contributed by atoms with van der Waals surface area (Å²) in [7, 11) is 0. The third-order valence-electron chi connectivity index (χ3n) is 10.5. The highest BCUT2D eigenvalue weighted by Gasteiger charge is 2.40. The standard InChI is InChI=1S/C48H34N8O2/c1-27-49-28(2)52-45(51-27)33-18-20-38-39-21-19-34(46-53-29(3)50-30(4)54-46)26-43(39)56(42(38)25-33)41-17-11-16-40-44(41)48(58)55(47(40)57)37-23-35(31-12-7-5-8-13-31)22-36(24-37)32-14-9-6-10-15-32/h5-26H,1-4H3. The molecule has 0 N–H and O–H groups in total. The van der Waals surface area contributed by atoms with E-state index in [1.54, 1.807) is 6.07 Å². The van der Waals surface area contributed by atoms with E-state index in [4.69, 9.17) is 0 Å². The van der Waals surface area contributed by atoms with Crippen LogP contribution in [0.2, 0.25) is 0 Å². The van der Waals surface area contributed by atoms with Crippen LogP contribution in [0.4, 0.5) is 5.69 Å². The van der Waals surface area contributed by atoms with Crippen molar-refractivity contribution in [2.45, 2.75) is 27.7 Å². The van der Waals surface area contributed by atoms with Crippen molar-refractivity contribution in [2.75, 3.05) is 4.90 Å². The van der Waals surface area contributed by atoms with Gasteiger partial charge in [-0.3, -0.25) is 9.59 Å². The first-order valence-electron chi connectivity index (χ1n) is 19.0. The largest absolute Gasteiger partial charge is 0.308 e. The van der Waals surface area contributed by atoms with Crippen LogP contribution in [0.25, 0.3) is 72.5 Å². The summed E-state index contributed by atoms with van der Waals surface area (Å²) < 4.78 is 2.06. The number of fused-ring (bicyclic) bond motifs is 4. The van der Waals surface area contributed by atoms with Crippen molar-refractivity contribution >= 4 is 39.3 Å². The molecule has 3 aromatic heterocycles. The van der Waals surface area contributed by atoms with E-state index < -0.39 is 5.91 Å². The average molecular weight is 755 g/mol. The highest BCUT2D eigenvalue weighted by molar-refractivity contribution is 6.36. The SMILES string of the molecule is Cc1nc(C)nc(-c2ccc3c4ccc(-c5nc(C)nc(C)n5)cc4n(-c4cccc5c4C(=O)N(c4cc(-c6ccccc6)cc(-c6ccccc6)c4)C5=O)c3c2)n1. The van der Waals surface area contributed by atoms with Crippen LogP contribution in [-0.4, -0.2) is 46.3 Å². The Kier molecular flexibility index (Phi) is 8.08. The molecule has 0 saturated heterocycles. The Morgan fingerprint density at radius 2 is 0.897 bits per heavy atom. The van der Waals surface area contributed by atoms with E-state index in [0.717, 1.165) is 55.2 Å². The molecule has 4 heterocycles. The number of nitrogens with zero attached hydrogens (tertiary/aromatic N) is 8. The summed E-state index contributed by atoms with van der Waals surface area (Å²) in [5.74, 6) is 2.77. The molecular weight excluding hydrogens is 721 g/mol. The molecule has 1 aliphatic rings. The first kappa shape index (κ1) is 34.7. The molecule has 6 aromatic carbocycles. The molecule has 10 nitrogen and oxygen atoms in total. The minimum Gasteiger partial charge on any atom is -0.308 e. The van der Waals surface area contributed by atoms with Gasteiger partial charge in [0.2, 0.25) is 0 Å². The van der Waals surface area contributed by atoms with E-state index in [2.05, 4.69) is 52.7 Å². The molecule has 1 aliphatic heterocycles. The van der Waals surface area contributed by atoms with Gasteiger partial charge in [0.05, 0.1) is 33.5 Å². The number of hydrogen-bond acceptors (Lipinski definition) is 8. The van der Waals surface area contributed by atoms with Crippen molar-refractivity contribution in [3.8, 4) is 50.7 Å². The fraction of sp³-hybridized carbons (Fsp3) is 0.0833. The molecule has 10 heteroatoms. The molecule has 0 bridgehead atoms. The van der Waals surface area contributed by atoms with Gasteiger partial charge in [-0.15, -0.1) is 0 Å². The monoisotopic (exact) mass is 754 g/mol. The molecule has 0 fully saturated rings. The number of anilines is 1. The normalized spacial score (nSPS) is 12.5. The molecule has 0 saturated carbocycles. The smallest absolute Gasteiger partial charge is 0.268 e. The van der Waals surface area contributed by atoms with Crippen molar-refractivity contribution in [1.29, 1.82) is 0 Å². The van der Waals surface area contributed by atoms with Crippen molar-refractivity contribution < 1.29 is 9.59 Å². The van der Waals surface area contributed by atoms with Crippen LogP contribution in [-0.2, 0) is 0 Å². The number of carbonyl (C=O) groups excluding carboxylic acids is 2. The lowest BCUT2D eigenvalue weighted by molar-refractivity contribution is 0.0926. The molecule has 278 valence electrons. The lowest BCUT2D eigenvalue weighted by Gasteiger charge is -2.18. The number of imide groups is 1. The fourth-order valence-corrected chi connectivity index (χ4v) is 8.07. The third kappa shape index (κ3) is 5.81. The molecule has 0 aliphatic carbocycles. The van der Waals surface area contributed by atoms with Crippen LogP contribution < -0.4 is 4.90 Å². The first-order chi connectivity index (χ1) is 28.2. The summed E-state index contributed by atoms with van der Waals surface area (Å²) in [5.41, 5.74) is 8.63. The lowest BCUT2D eigenvalue weighted by atomic mass is 9.97. The molecular formula is C48H34N8O2. The fourth-order valence-electron chi connectivity index (χ4n) is 8.07. The predicted octanol–water partition coefficient (Wildman–Crippen LogP) is 9.86. The zero-order valence-corrected chi connectivity index (χ0v) is 32.1.